The van der Waals surface area contributed by atoms with Crippen LogP contribution in [0.1, 0.15) is 28.8 Å². The fraction of sp³-hybridized carbons (Fsp3) is 0.346. The van der Waals surface area contributed by atoms with Crippen LogP contribution in [-0.4, -0.2) is 64.7 Å². The summed E-state index contributed by atoms with van der Waals surface area (Å²) in [6.45, 7) is 1.98. The third-order valence-corrected chi connectivity index (χ3v) is 6.98. The van der Waals surface area contributed by atoms with E-state index in [9.17, 15) is 14.4 Å². The third kappa shape index (κ3) is 4.66. The van der Waals surface area contributed by atoms with E-state index in [0.717, 1.165) is 29.3 Å². The van der Waals surface area contributed by atoms with Crippen molar-refractivity contribution < 1.29 is 14.4 Å². The molecule has 1 aliphatic carbocycles. The second-order valence-electron chi connectivity index (χ2n) is 8.99. The lowest BCUT2D eigenvalue weighted by atomic mass is 10.0. The summed E-state index contributed by atoms with van der Waals surface area (Å²) in [6.07, 6.45) is 4.18. The molecule has 1 atom stereocenters. The number of H-pyrrole nitrogens is 1. The van der Waals surface area contributed by atoms with Gasteiger partial charge >= 0.3 is 0 Å². The number of halogens is 1. The largest absolute Gasteiger partial charge is 0.361 e. The lowest BCUT2D eigenvalue weighted by Crippen LogP contribution is -2.56. The van der Waals surface area contributed by atoms with E-state index in [1.807, 2.05) is 35.4 Å². The van der Waals surface area contributed by atoms with E-state index in [1.165, 1.54) is 0 Å². The Balaban J connectivity index is 1.34. The fourth-order valence-corrected chi connectivity index (χ4v) is 4.78. The Bertz CT molecular complexity index is 1230. The van der Waals surface area contributed by atoms with Crippen molar-refractivity contribution in [3.8, 4) is 0 Å². The van der Waals surface area contributed by atoms with Crippen molar-refractivity contribution in [2.24, 2.45) is 5.92 Å². The Morgan fingerprint density at radius 2 is 1.65 bits per heavy atom. The van der Waals surface area contributed by atoms with Gasteiger partial charge in [-0.25, -0.2) is 0 Å². The number of aromatic amines is 1. The molecular formula is C26H27ClN4O3. The second kappa shape index (κ2) is 9.50. The Labute approximate surface area is 203 Å². The molecule has 34 heavy (non-hydrogen) atoms. The summed E-state index contributed by atoms with van der Waals surface area (Å²) >= 11 is 6.23. The zero-order valence-corrected chi connectivity index (χ0v) is 19.6. The van der Waals surface area contributed by atoms with Crippen molar-refractivity contribution >= 4 is 40.2 Å². The van der Waals surface area contributed by atoms with Gasteiger partial charge in [-0.2, -0.15) is 0 Å². The first-order chi connectivity index (χ1) is 16.5. The molecule has 2 aromatic carbocycles. The number of hydrogen-bond acceptors (Lipinski definition) is 3. The van der Waals surface area contributed by atoms with E-state index in [4.69, 9.17) is 11.6 Å². The minimum atomic E-state index is -0.756. The number of benzene rings is 2. The highest BCUT2D eigenvalue weighted by Gasteiger charge is 2.36. The molecule has 2 heterocycles. The molecular weight excluding hydrogens is 452 g/mol. The quantitative estimate of drug-likeness (QED) is 0.570. The number of rotatable bonds is 6. The SMILES string of the molecule is O=C(NC(Cc1c[nH]c2ccccc12)C(=O)N1CCN(C(=O)C2CC2)CC1)c1ccccc1Cl. The monoisotopic (exact) mass is 478 g/mol. The highest BCUT2D eigenvalue weighted by molar-refractivity contribution is 6.33. The van der Waals surface area contributed by atoms with Crippen molar-refractivity contribution in [1.29, 1.82) is 0 Å². The molecule has 8 heteroatoms. The summed E-state index contributed by atoms with van der Waals surface area (Å²) < 4.78 is 0. The predicted molar refractivity (Wildman–Crippen MR) is 131 cm³/mol. The summed E-state index contributed by atoms with van der Waals surface area (Å²) in [6, 6.07) is 13.9. The Morgan fingerprint density at radius 1 is 0.971 bits per heavy atom. The molecule has 0 spiro atoms. The molecule has 176 valence electrons. The molecule has 1 unspecified atom stereocenters. The molecule has 5 rings (SSSR count). The molecule has 1 aliphatic heterocycles. The minimum absolute atomic E-state index is 0.149. The number of piperazine rings is 1. The molecule has 2 fully saturated rings. The Morgan fingerprint density at radius 3 is 2.38 bits per heavy atom. The number of nitrogens with zero attached hydrogens (tertiary/aromatic N) is 2. The highest BCUT2D eigenvalue weighted by Crippen LogP contribution is 2.31. The Kier molecular flexibility index (Phi) is 6.28. The number of nitrogens with one attached hydrogen (secondary N) is 2. The predicted octanol–water partition coefficient (Wildman–Crippen LogP) is 3.24. The first-order valence-electron chi connectivity index (χ1n) is 11.7. The third-order valence-electron chi connectivity index (χ3n) is 6.65. The molecule has 2 N–H and O–H groups in total. The highest BCUT2D eigenvalue weighted by atomic mass is 35.5. The summed E-state index contributed by atoms with van der Waals surface area (Å²) in [5.41, 5.74) is 2.27. The topological polar surface area (TPSA) is 85.5 Å². The molecule has 2 aliphatic rings. The van der Waals surface area contributed by atoms with Gasteiger partial charge in [0.1, 0.15) is 6.04 Å². The van der Waals surface area contributed by atoms with E-state index < -0.39 is 6.04 Å². The van der Waals surface area contributed by atoms with E-state index >= 15 is 0 Å². The van der Waals surface area contributed by atoms with E-state index in [0.29, 0.717) is 43.2 Å². The molecule has 7 nitrogen and oxygen atoms in total. The van der Waals surface area contributed by atoms with Crippen molar-refractivity contribution in [2.45, 2.75) is 25.3 Å². The van der Waals surface area contributed by atoms with Gasteiger partial charge in [-0.15, -0.1) is 0 Å². The van der Waals surface area contributed by atoms with E-state index in [2.05, 4.69) is 10.3 Å². The van der Waals surface area contributed by atoms with Gasteiger partial charge in [0.25, 0.3) is 5.91 Å². The van der Waals surface area contributed by atoms with Crippen LogP contribution in [0.5, 0.6) is 0 Å². The number of fused-ring (bicyclic) bond motifs is 1. The maximum absolute atomic E-state index is 13.6. The van der Waals surface area contributed by atoms with E-state index in [1.54, 1.807) is 29.2 Å². The lowest BCUT2D eigenvalue weighted by Gasteiger charge is -2.36. The minimum Gasteiger partial charge on any atom is -0.361 e. The van der Waals surface area contributed by atoms with Gasteiger partial charge in [0.2, 0.25) is 11.8 Å². The van der Waals surface area contributed by atoms with Crippen molar-refractivity contribution in [1.82, 2.24) is 20.1 Å². The molecule has 1 saturated heterocycles. The van der Waals surface area contributed by atoms with Crippen LogP contribution < -0.4 is 5.32 Å². The van der Waals surface area contributed by atoms with Crippen LogP contribution in [0.25, 0.3) is 10.9 Å². The van der Waals surface area contributed by atoms with Gasteiger partial charge in [0.05, 0.1) is 10.6 Å². The zero-order chi connectivity index (χ0) is 23.7. The summed E-state index contributed by atoms with van der Waals surface area (Å²) in [5, 5.41) is 4.29. The van der Waals surface area contributed by atoms with Crippen molar-refractivity contribution in [3.63, 3.8) is 0 Å². The molecule has 0 radical (unpaired) electrons. The van der Waals surface area contributed by atoms with Gasteiger partial charge in [-0.3, -0.25) is 14.4 Å². The second-order valence-corrected chi connectivity index (χ2v) is 9.40. The first kappa shape index (κ1) is 22.5. The van der Waals surface area contributed by atoms with Gasteiger partial charge in [0, 0.05) is 55.6 Å². The van der Waals surface area contributed by atoms with Gasteiger partial charge in [0.15, 0.2) is 0 Å². The maximum Gasteiger partial charge on any atom is 0.253 e. The number of aromatic nitrogens is 1. The average Bonchev–Trinajstić information content (AvgIpc) is 3.64. The van der Waals surface area contributed by atoms with Gasteiger partial charge in [-0.05, 0) is 36.6 Å². The smallest absolute Gasteiger partial charge is 0.253 e. The number of para-hydroxylation sites is 1. The van der Waals surface area contributed by atoms with Crippen LogP contribution in [0.4, 0.5) is 0 Å². The molecule has 3 amide bonds. The molecule has 3 aromatic rings. The van der Waals surface area contributed by atoms with Crippen LogP contribution in [-0.2, 0) is 16.0 Å². The number of amides is 3. The standard InChI is InChI=1S/C26H27ClN4O3/c27-21-7-3-1-6-20(21)24(32)29-23(15-18-16-28-22-8-4-2-5-19(18)22)26(34)31-13-11-30(12-14-31)25(33)17-9-10-17/h1-8,16-17,23,28H,9-15H2,(H,29,32). The summed E-state index contributed by atoms with van der Waals surface area (Å²) in [5.74, 6) is -0.156. The van der Waals surface area contributed by atoms with Gasteiger partial charge < -0.3 is 20.1 Å². The van der Waals surface area contributed by atoms with Crippen LogP contribution in [0.2, 0.25) is 5.02 Å². The van der Waals surface area contributed by atoms with Crippen LogP contribution in [0.15, 0.2) is 54.7 Å². The van der Waals surface area contributed by atoms with Gasteiger partial charge in [-0.1, -0.05) is 41.9 Å². The normalized spacial score (nSPS) is 17.0. The summed E-state index contributed by atoms with van der Waals surface area (Å²) in [7, 11) is 0. The number of hydrogen-bond donors (Lipinski definition) is 2. The number of carbonyl (C=O) groups excluding carboxylic acids is 3. The average molecular weight is 479 g/mol. The molecule has 1 aromatic heterocycles. The first-order valence-corrected chi connectivity index (χ1v) is 12.1. The number of carbonyl (C=O) groups is 3. The van der Waals surface area contributed by atoms with Crippen molar-refractivity contribution in [3.05, 3.63) is 70.9 Å². The maximum atomic E-state index is 13.6. The Hall–Kier alpha value is -3.32. The van der Waals surface area contributed by atoms with Crippen LogP contribution >= 0.6 is 11.6 Å². The van der Waals surface area contributed by atoms with Crippen molar-refractivity contribution in [2.75, 3.05) is 26.2 Å². The van der Waals surface area contributed by atoms with E-state index in [-0.39, 0.29) is 23.6 Å². The zero-order valence-electron chi connectivity index (χ0n) is 18.8. The fourth-order valence-electron chi connectivity index (χ4n) is 4.56. The molecule has 1 saturated carbocycles. The molecule has 0 bridgehead atoms. The lowest BCUT2D eigenvalue weighted by molar-refractivity contribution is -0.141. The van der Waals surface area contributed by atoms with Crippen LogP contribution in [0.3, 0.4) is 0 Å². The summed E-state index contributed by atoms with van der Waals surface area (Å²) in [4.78, 5) is 45.9. The van der Waals surface area contributed by atoms with Crippen LogP contribution in [0, 0.1) is 5.92 Å².